The first-order chi connectivity index (χ1) is 6.77. The van der Waals surface area contributed by atoms with E-state index in [1.165, 1.54) is 11.8 Å². The van der Waals surface area contributed by atoms with E-state index < -0.39 is 0 Å². The Bertz CT molecular complexity index is 408. The molecule has 1 aromatic heterocycles. The molecule has 0 radical (unpaired) electrons. The van der Waals surface area contributed by atoms with Crippen LogP contribution >= 0.6 is 34.7 Å². The van der Waals surface area contributed by atoms with Gasteiger partial charge in [0.05, 0.1) is 9.92 Å². The maximum absolute atomic E-state index is 6.02. The van der Waals surface area contributed by atoms with Gasteiger partial charge in [0.25, 0.3) is 0 Å². The Balaban J connectivity index is 2.33. The zero-order valence-electron chi connectivity index (χ0n) is 7.11. The van der Waals surface area contributed by atoms with Gasteiger partial charge in [0, 0.05) is 17.3 Å². The van der Waals surface area contributed by atoms with Crippen LogP contribution in [0, 0.1) is 0 Å². The smallest absolute Gasteiger partial charge is 0.154 e. The van der Waals surface area contributed by atoms with Gasteiger partial charge in [-0.15, -0.1) is 11.3 Å². The molecule has 0 spiro atoms. The van der Waals surface area contributed by atoms with Gasteiger partial charge >= 0.3 is 0 Å². The van der Waals surface area contributed by atoms with Crippen molar-refractivity contribution in [3.8, 4) is 0 Å². The van der Waals surface area contributed by atoms with Crippen molar-refractivity contribution in [1.82, 2.24) is 4.98 Å². The van der Waals surface area contributed by atoms with E-state index in [1.807, 2.05) is 23.6 Å². The number of hydrogen-bond donors (Lipinski definition) is 1. The molecule has 0 fully saturated rings. The first kappa shape index (κ1) is 9.83. The number of thiazole rings is 1. The SMILES string of the molecule is Nc1cccc(Cl)c1Sc1nccs1. The van der Waals surface area contributed by atoms with Crippen LogP contribution < -0.4 is 5.73 Å². The molecule has 0 aliphatic carbocycles. The van der Waals surface area contributed by atoms with Gasteiger partial charge in [0.15, 0.2) is 4.34 Å². The van der Waals surface area contributed by atoms with Crippen LogP contribution in [0.5, 0.6) is 0 Å². The van der Waals surface area contributed by atoms with E-state index in [9.17, 15) is 0 Å². The maximum atomic E-state index is 6.02. The molecule has 2 aromatic rings. The van der Waals surface area contributed by atoms with E-state index in [0.717, 1.165) is 9.24 Å². The molecule has 0 unspecified atom stereocenters. The minimum absolute atomic E-state index is 0.671. The van der Waals surface area contributed by atoms with Gasteiger partial charge in [-0.2, -0.15) is 0 Å². The second kappa shape index (κ2) is 4.21. The molecule has 2 N–H and O–H groups in total. The van der Waals surface area contributed by atoms with Crippen LogP contribution in [0.15, 0.2) is 39.0 Å². The van der Waals surface area contributed by atoms with Gasteiger partial charge in [-0.1, -0.05) is 29.4 Å². The van der Waals surface area contributed by atoms with Crippen LogP contribution in [-0.4, -0.2) is 4.98 Å². The molecule has 2 nitrogen and oxygen atoms in total. The molecular weight excluding hydrogens is 236 g/mol. The Hall–Kier alpha value is -0.710. The molecule has 0 aliphatic rings. The number of nitrogen functional groups attached to an aromatic ring is 1. The van der Waals surface area contributed by atoms with Crippen molar-refractivity contribution >= 4 is 40.4 Å². The molecule has 2 rings (SSSR count). The van der Waals surface area contributed by atoms with E-state index >= 15 is 0 Å². The molecule has 0 aliphatic heterocycles. The summed E-state index contributed by atoms with van der Waals surface area (Å²) in [6.07, 6.45) is 1.76. The van der Waals surface area contributed by atoms with Crippen molar-refractivity contribution in [2.45, 2.75) is 9.24 Å². The summed E-state index contributed by atoms with van der Waals surface area (Å²) in [5.41, 5.74) is 6.50. The fourth-order valence-electron chi connectivity index (χ4n) is 0.981. The molecule has 1 aromatic carbocycles. The van der Waals surface area contributed by atoms with Crippen LogP contribution in [0.4, 0.5) is 5.69 Å². The number of benzene rings is 1. The minimum atomic E-state index is 0.671. The maximum Gasteiger partial charge on any atom is 0.154 e. The van der Waals surface area contributed by atoms with Gasteiger partial charge < -0.3 is 5.73 Å². The lowest BCUT2D eigenvalue weighted by atomic mass is 10.3. The number of nitrogens with zero attached hydrogens (tertiary/aromatic N) is 1. The van der Waals surface area contributed by atoms with Crippen molar-refractivity contribution in [3.05, 3.63) is 34.8 Å². The van der Waals surface area contributed by atoms with Gasteiger partial charge in [-0.3, -0.25) is 0 Å². The van der Waals surface area contributed by atoms with Crippen LogP contribution in [-0.2, 0) is 0 Å². The van der Waals surface area contributed by atoms with E-state index in [-0.39, 0.29) is 0 Å². The monoisotopic (exact) mass is 242 g/mol. The first-order valence-electron chi connectivity index (χ1n) is 3.88. The van der Waals surface area contributed by atoms with E-state index in [0.29, 0.717) is 10.7 Å². The van der Waals surface area contributed by atoms with Crippen LogP contribution in [0.25, 0.3) is 0 Å². The summed E-state index contributed by atoms with van der Waals surface area (Å²) in [4.78, 5) is 5.04. The average Bonchev–Trinajstić information content (AvgIpc) is 2.64. The summed E-state index contributed by atoms with van der Waals surface area (Å²) in [7, 11) is 0. The summed E-state index contributed by atoms with van der Waals surface area (Å²) in [5, 5.41) is 2.60. The molecular formula is C9H7ClN2S2. The lowest BCUT2D eigenvalue weighted by Crippen LogP contribution is -1.88. The fraction of sp³-hybridized carbons (Fsp3) is 0. The van der Waals surface area contributed by atoms with Crippen molar-refractivity contribution in [1.29, 1.82) is 0 Å². The number of aromatic nitrogens is 1. The number of anilines is 1. The zero-order valence-corrected chi connectivity index (χ0v) is 9.49. The largest absolute Gasteiger partial charge is 0.398 e. The number of halogens is 1. The molecule has 14 heavy (non-hydrogen) atoms. The lowest BCUT2D eigenvalue weighted by molar-refractivity contribution is 1.25. The summed E-state index contributed by atoms with van der Waals surface area (Å²) in [6.45, 7) is 0. The van der Waals surface area contributed by atoms with Gasteiger partial charge in [-0.05, 0) is 12.1 Å². The van der Waals surface area contributed by atoms with Crippen molar-refractivity contribution in [2.75, 3.05) is 5.73 Å². The highest BCUT2D eigenvalue weighted by Crippen LogP contribution is 2.37. The summed E-state index contributed by atoms with van der Waals surface area (Å²) in [5.74, 6) is 0. The third kappa shape index (κ3) is 2.03. The van der Waals surface area contributed by atoms with E-state index in [4.69, 9.17) is 17.3 Å². The van der Waals surface area contributed by atoms with Gasteiger partial charge in [0.1, 0.15) is 0 Å². The molecule has 1 heterocycles. The predicted octanol–water partition coefficient (Wildman–Crippen LogP) is 3.53. The summed E-state index contributed by atoms with van der Waals surface area (Å²) >= 11 is 9.09. The Morgan fingerprint density at radius 3 is 2.93 bits per heavy atom. The molecule has 0 atom stereocenters. The van der Waals surface area contributed by atoms with Crippen LogP contribution in [0.2, 0.25) is 5.02 Å². The summed E-state index contributed by atoms with van der Waals surface area (Å²) in [6, 6.07) is 5.50. The van der Waals surface area contributed by atoms with E-state index in [1.54, 1.807) is 17.5 Å². The normalized spacial score (nSPS) is 10.4. The Morgan fingerprint density at radius 2 is 2.29 bits per heavy atom. The third-order valence-corrected chi connectivity index (χ3v) is 4.07. The van der Waals surface area contributed by atoms with Gasteiger partial charge in [0.2, 0.25) is 0 Å². The molecule has 0 saturated heterocycles. The Labute approximate surface area is 95.1 Å². The summed E-state index contributed by atoms with van der Waals surface area (Å²) < 4.78 is 0.949. The van der Waals surface area contributed by atoms with Gasteiger partial charge in [-0.25, -0.2) is 4.98 Å². The Kier molecular flexibility index (Phi) is 2.96. The highest BCUT2D eigenvalue weighted by atomic mass is 35.5. The van der Waals surface area contributed by atoms with Crippen molar-refractivity contribution in [3.63, 3.8) is 0 Å². The number of nitrogens with two attached hydrogens (primary N) is 1. The highest BCUT2D eigenvalue weighted by molar-refractivity contribution is 8.01. The molecule has 0 saturated carbocycles. The Morgan fingerprint density at radius 1 is 1.43 bits per heavy atom. The van der Waals surface area contributed by atoms with Crippen LogP contribution in [0.1, 0.15) is 0 Å². The van der Waals surface area contributed by atoms with Crippen molar-refractivity contribution in [2.24, 2.45) is 0 Å². The standard InChI is InChI=1S/C9H7ClN2S2/c10-6-2-1-3-7(11)8(6)14-9-12-4-5-13-9/h1-5H,11H2. The average molecular weight is 243 g/mol. The third-order valence-electron chi connectivity index (χ3n) is 1.60. The topological polar surface area (TPSA) is 38.9 Å². The quantitative estimate of drug-likeness (QED) is 0.819. The van der Waals surface area contributed by atoms with Crippen LogP contribution in [0.3, 0.4) is 0 Å². The second-order valence-corrected chi connectivity index (χ2v) is 5.12. The lowest BCUT2D eigenvalue weighted by Gasteiger charge is -2.04. The van der Waals surface area contributed by atoms with E-state index in [2.05, 4.69) is 4.98 Å². The number of rotatable bonds is 2. The molecule has 72 valence electrons. The minimum Gasteiger partial charge on any atom is -0.398 e. The first-order valence-corrected chi connectivity index (χ1v) is 5.96. The number of hydrogen-bond acceptors (Lipinski definition) is 4. The molecule has 0 amide bonds. The second-order valence-electron chi connectivity index (χ2n) is 2.56. The molecule has 5 heteroatoms. The van der Waals surface area contributed by atoms with Crippen molar-refractivity contribution < 1.29 is 0 Å². The zero-order chi connectivity index (χ0) is 9.97. The molecule has 0 bridgehead atoms. The predicted molar refractivity (Wildman–Crippen MR) is 62.1 cm³/mol. The fourth-order valence-corrected chi connectivity index (χ4v) is 2.89. The highest BCUT2D eigenvalue weighted by Gasteiger charge is 2.07.